The second-order valence-electron chi connectivity index (χ2n) is 8.24. The molecule has 176 valence electrons. The van der Waals surface area contributed by atoms with E-state index in [1.807, 2.05) is 36.6 Å². The Hall–Kier alpha value is -2.49. The van der Waals surface area contributed by atoms with E-state index in [-0.39, 0.29) is 4.90 Å². The predicted octanol–water partition coefficient (Wildman–Crippen LogP) is 4.28. The first-order valence-corrected chi connectivity index (χ1v) is 13.5. The van der Waals surface area contributed by atoms with Crippen LogP contribution >= 0.6 is 11.3 Å². The van der Waals surface area contributed by atoms with Crippen molar-refractivity contribution < 1.29 is 17.9 Å². The molecule has 1 amide bonds. The molecule has 7 nitrogen and oxygen atoms in total. The zero-order valence-electron chi connectivity index (χ0n) is 19.2. The third-order valence-electron chi connectivity index (χ3n) is 5.84. The highest BCUT2D eigenvalue weighted by atomic mass is 32.2. The van der Waals surface area contributed by atoms with Crippen molar-refractivity contribution in [1.29, 1.82) is 0 Å². The summed E-state index contributed by atoms with van der Waals surface area (Å²) in [7, 11) is -3.56. The van der Waals surface area contributed by atoms with E-state index in [0.29, 0.717) is 42.5 Å². The molecule has 0 bridgehead atoms. The van der Waals surface area contributed by atoms with E-state index in [0.717, 1.165) is 28.8 Å². The molecule has 0 spiro atoms. The van der Waals surface area contributed by atoms with Crippen LogP contribution in [-0.2, 0) is 16.6 Å². The molecule has 1 atom stereocenters. The lowest BCUT2D eigenvalue weighted by molar-refractivity contribution is 0.0997. The summed E-state index contributed by atoms with van der Waals surface area (Å²) in [6, 6.07) is 11.9. The number of carbonyl (C=O) groups excluding carboxylic acids is 1. The molecular weight excluding hydrogens is 458 g/mol. The number of thiazole rings is 1. The van der Waals surface area contributed by atoms with Crippen LogP contribution in [0.1, 0.15) is 44.0 Å². The number of rotatable bonds is 6. The van der Waals surface area contributed by atoms with Gasteiger partial charge >= 0.3 is 0 Å². The van der Waals surface area contributed by atoms with E-state index in [4.69, 9.17) is 4.74 Å². The van der Waals surface area contributed by atoms with Crippen molar-refractivity contribution in [3.8, 4) is 5.75 Å². The minimum atomic E-state index is -3.56. The zero-order chi connectivity index (χ0) is 23.6. The van der Waals surface area contributed by atoms with Crippen LogP contribution in [0.4, 0.5) is 0 Å². The number of carbonyl (C=O) groups is 1. The smallest absolute Gasteiger partial charge is 0.279 e. The molecule has 0 N–H and O–H groups in total. The fraction of sp³-hybridized carbons (Fsp3) is 0.417. The number of aromatic nitrogens is 1. The molecule has 2 aromatic carbocycles. The van der Waals surface area contributed by atoms with Crippen LogP contribution in [-0.4, -0.2) is 42.9 Å². The average Bonchev–Trinajstić information content (AvgIpc) is 3.15. The van der Waals surface area contributed by atoms with E-state index in [1.54, 1.807) is 16.4 Å². The maximum atomic E-state index is 13.0. The normalized spacial score (nSPS) is 18.0. The highest BCUT2D eigenvalue weighted by Gasteiger charge is 2.28. The molecule has 1 saturated heterocycles. The minimum Gasteiger partial charge on any atom is -0.494 e. The second kappa shape index (κ2) is 9.79. The van der Waals surface area contributed by atoms with Crippen LogP contribution in [0.2, 0.25) is 0 Å². The van der Waals surface area contributed by atoms with E-state index in [1.165, 1.54) is 23.5 Å². The maximum Gasteiger partial charge on any atom is 0.279 e. The van der Waals surface area contributed by atoms with Crippen molar-refractivity contribution in [2.75, 3.05) is 19.7 Å². The first kappa shape index (κ1) is 23.7. The van der Waals surface area contributed by atoms with Gasteiger partial charge in [-0.15, -0.1) is 0 Å². The first-order valence-electron chi connectivity index (χ1n) is 11.3. The Morgan fingerprint density at radius 2 is 1.94 bits per heavy atom. The molecule has 0 saturated carbocycles. The second-order valence-corrected chi connectivity index (χ2v) is 11.2. The maximum absolute atomic E-state index is 13.0. The fourth-order valence-electron chi connectivity index (χ4n) is 4.14. The molecule has 33 heavy (non-hydrogen) atoms. The number of ether oxygens (including phenoxy) is 1. The Labute approximate surface area is 198 Å². The number of amides is 1. The van der Waals surface area contributed by atoms with Gasteiger partial charge in [-0.25, -0.2) is 8.42 Å². The SMILES string of the molecule is CCOc1ccc2c(c1)sc(=NC(=O)c1ccc(S(=O)(=O)N3CCCC(C)C3)cc1)n2CC. The quantitative estimate of drug-likeness (QED) is 0.520. The lowest BCUT2D eigenvalue weighted by atomic mass is 10.0. The van der Waals surface area contributed by atoms with Gasteiger partial charge in [-0.1, -0.05) is 18.3 Å². The van der Waals surface area contributed by atoms with Gasteiger partial charge in [-0.2, -0.15) is 9.30 Å². The van der Waals surface area contributed by atoms with Crippen LogP contribution < -0.4 is 9.54 Å². The van der Waals surface area contributed by atoms with Crippen molar-refractivity contribution in [1.82, 2.24) is 8.87 Å². The van der Waals surface area contributed by atoms with E-state index in [2.05, 4.69) is 11.9 Å². The summed E-state index contributed by atoms with van der Waals surface area (Å²) in [6.07, 6.45) is 1.91. The van der Waals surface area contributed by atoms with Gasteiger partial charge < -0.3 is 9.30 Å². The number of nitrogens with zero attached hydrogens (tertiary/aromatic N) is 3. The minimum absolute atomic E-state index is 0.210. The predicted molar refractivity (Wildman–Crippen MR) is 130 cm³/mol. The number of hydrogen-bond donors (Lipinski definition) is 0. The molecular formula is C24H29N3O4S2. The van der Waals surface area contributed by atoms with E-state index >= 15 is 0 Å². The zero-order valence-corrected chi connectivity index (χ0v) is 20.8. The molecule has 1 aromatic heterocycles. The average molecular weight is 488 g/mol. The molecule has 1 aliphatic rings. The number of benzene rings is 2. The Balaban J connectivity index is 1.61. The van der Waals surface area contributed by atoms with E-state index < -0.39 is 15.9 Å². The third-order valence-corrected chi connectivity index (χ3v) is 8.76. The number of sulfonamides is 1. The van der Waals surface area contributed by atoms with Crippen molar-refractivity contribution >= 4 is 37.5 Å². The van der Waals surface area contributed by atoms with Gasteiger partial charge in [-0.3, -0.25) is 4.79 Å². The Kier molecular flexibility index (Phi) is 7.02. The van der Waals surface area contributed by atoms with Crippen molar-refractivity contribution in [2.24, 2.45) is 10.9 Å². The van der Waals surface area contributed by atoms with Crippen molar-refractivity contribution in [3.63, 3.8) is 0 Å². The number of aryl methyl sites for hydroxylation is 1. The summed E-state index contributed by atoms with van der Waals surface area (Å²) in [5, 5.41) is 0. The summed E-state index contributed by atoms with van der Waals surface area (Å²) in [5.74, 6) is 0.737. The van der Waals surface area contributed by atoms with Gasteiger partial charge in [-0.05, 0) is 75.1 Å². The molecule has 1 fully saturated rings. The van der Waals surface area contributed by atoms with Gasteiger partial charge in [0.15, 0.2) is 4.80 Å². The lowest BCUT2D eigenvalue weighted by Gasteiger charge is -2.30. The summed E-state index contributed by atoms with van der Waals surface area (Å²) >= 11 is 1.43. The van der Waals surface area contributed by atoms with Crippen LogP contribution in [0, 0.1) is 5.92 Å². The highest BCUT2D eigenvalue weighted by Crippen LogP contribution is 2.25. The Morgan fingerprint density at radius 3 is 2.61 bits per heavy atom. The van der Waals surface area contributed by atoms with Gasteiger partial charge in [0.1, 0.15) is 5.75 Å². The fourth-order valence-corrected chi connectivity index (χ4v) is 6.85. The molecule has 4 rings (SSSR count). The van der Waals surface area contributed by atoms with Gasteiger partial charge in [0.05, 0.1) is 21.7 Å². The van der Waals surface area contributed by atoms with Gasteiger partial charge in [0.25, 0.3) is 5.91 Å². The molecule has 0 aliphatic carbocycles. The lowest BCUT2D eigenvalue weighted by Crippen LogP contribution is -2.39. The number of piperidine rings is 1. The van der Waals surface area contributed by atoms with Crippen LogP contribution in [0.25, 0.3) is 10.2 Å². The molecule has 1 unspecified atom stereocenters. The van der Waals surface area contributed by atoms with Gasteiger partial charge in [0.2, 0.25) is 10.0 Å². The number of fused-ring (bicyclic) bond motifs is 1. The molecule has 1 aliphatic heterocycles. The molecule has 9 heteroatoms. The third kappa shape index (κ3) is 4.90. The molecule has 0 radical (unpaired) electrons. The van der Waals surface area contributed by atoms with Crippen LogP contribution in [0.3, 0.4) is 0 Å². The monoisotopic (exact) mass is 487 g/mol. The van der Waals surface area contributed by atoms with Gasteiger partial charge in [0, 0.05) is 25.2 Å². The Morgan fingerprint density at radius 1 is 1.18 bits per heavy atom. The van der Waals surface area contributed by atoms with Crippen molar-refractivity contribution in [2.45, 2.75) is 45.1 Å². The summed E-state index contributed by atoms with van der Waals surface area (Å²) in [5.41, 5.74) is 1.35. The molecule has 3 aromatic rings. The highest BCUT2D eigenvalue weighted by molar-refractivity contribution is 7.89. The van der Waals surface area contributed by atoms with E-state index in [9.17, 15) is 13.2 Å². The standard InChI is InChI=1S/C24H29N3O4S2/c1-4-27-21-13-10-19(31-5-2)15-22(21)32-24(27)25-23(28)18-8-11-20(12-9-18)33(29,30)26-14-6-7-17(3)16-26/h8-13,15,17H,4-7,14,16H2,1-3H3. The van der Waals surface area contributed by atoms with Crippen LogP contribution in [0.15, 0.2) is 52.4 Å². The van der Waals surface area contributed by atoms with Crippen molar-refractivity contribution in [3.05, 3.63) is 52.8 Å². The summed E-state index contributed by atoms with van der Waals surface area (Å²) in [4.78, 5) is 18.0. The van der Waals surface area contributed by atoms with Crippen LogP contribution in [0.5, 0.6) is 5.75 Å². The largest absolute Gasteiger partial charge is 0.494 e. The topological polar surface area (TPSA) is 81.0 Å². The molecule has 2 heterocycles. The summed E-state index contributed by atoms with van der Waals surface area (Å²) in [6.45, 7) is 8.34. The number of hydrogen-bond acceptors (Lipinski definition) is 5. The first-order chi connectivity index (χ1) is 15.8. The summed E-state index contributed by atoms with van der Waals surface area (Å²) < 4.78 is 36.0. The Bertz CT molecular complexity index is 1320.